The van der Waals surface area contributed by atoms with Crippen molar-refractivity contribution in [2.75, 3.05) is 4.90 Å². The van der Waals surface area contributed by atoms with Gasteiger partial charge in [0.15, 0.2) is 0 Å². The molecule has 1 amide bonds. The van der Waals surface area contributed by atoms with Gasteiger partial charge in [-0.15, -0.1) is 11.3 Å². The van der Waals surface area contributed by atoms with E-state index < -0.39 is 0 Å². The zero-order valence-electron chi connectivity index (χ0n) is 13.6. The number of rotatable bonds is 4. The number of benzene rings is 2. The van der Waals surface area contributed by atoms with Crippen LogP contribution in [0.1, 0.15) is 24.2 Å². The molecule has 1 aromatic heterocycles. The maximum Gasteiger partial charge on any atom is 0.258 e. The topological polar surface area (TPSA) is 20.3 Å². The maximum atomic E-state index is 13.1. The molecule has 0 atom stereocenters. The first-order valence-electron chi connectivity index (χ1n) is 7.79. The Kier molecular flexibility index (Phi) is 4.76. The number of amides is 1. The summed E-state index contributed by atoms with van der Waals surface area (Å²) in [7, 11) is 0. The van der Waals surface area contributed by atoms with Crippen molar-refractivity contribution in [3.05, 3.63) is 77.4 Å². The normalized spacial score (nSPS) is 10.8. The second kappa shape index (κ2) is 6.97. The molecule has 2 nitrogen and oxygen atoms in total. The van der Waals surface area contributed by atoms with Crippen molar-refractivity contribution >= 4 is 22.9 Å². The lowest BCUT2D eigenvalue weighted by molar-refractivity contribution is 0.0980. The third kappa shape index (κ3) is 3.39. The highest BCUT2D eigenvalue weighted by molar-refractivity contribution is 7.14. The van der Waals surface area contributed by atoms with Crippen LogP contribution >= 0.6 is 11.3 Å². The highest BCUT2D eigenvalue weighted by atomic mass is 32.1. The Morgan fingerprint density at radius 3 is 2.33 bits per heavy atom. The van der Waals surface area contributed by atoms with Gasteiger partial charge in [-0.1, -0.05) is 30.3 Å². The number of hydrogen-bond donors (Lipinski definition) is 0. The molecule has 0 aliphatic carbocycles. The van der Waals surface area contributed by atoms with Crippen molar-refractivity contribution in [2.24, 2.45) is 0 Å². The molecule has 4 heteroatoms. The van der Waals surface area contributed by atoms with E-state index in [0.717, 1.165) is 16.1 Å². The molecule has 122 valence electrons. The summed E-state index contributed by atoms with van der Waals surface area (Å²) in [6, 6.07) is 17.8. The van der Waals surface area contributed by atoms with E-state index in [1.54, 1.807) is 16.2 Å². The standard InChI is InChI=1S/C20H18FNOS/c1-14(2)22(20(23)16-8-10-17(21)11-9-16)18-12-19(24-13-18)15-6-4-3-5-7-15/h3-14H,1-2H3. The molecule has 0 N–H and O–H groups in total. The number of carbonyl (C=O) groups is 1. The molecule has 0 bridgehead atoms. The zero-order valence-corrected chi connectivity index (χ0v) is 14.4. The summed E-state index contributed by atoms with van der Waals surface area (Å²) in [5.41, 5.74) is 2.48. The number of thiophene rings is 1. The highest BCUT2D eigenvalue weighted by Gasteiger charge is 2.22. The predicted octanol–water partition coefficient (Wildman–Crippen LogP) is 5.61. The number of halogens is 1. The first kappa shape index (κ1) is 16.4. The molecule has 0 unspecified atom stereocenters. The van der Waals surface area contributed by atoms with Gasteiger partial charge in [0, 0.05) is 21.9 Å². The molecular formula is C20H18FNOS. The lowest BCUT2D eigenvalue weighted by atomic mass is 10.1. The summed E-state index contributed by atoms with van der Waals surface area (Å²) in [6.45, 7) is 3.95. The van der Waals surface area contributed by atoms with Crippen molar-refractivity contribution in [3.63, 3.8) is 0 Å². The third-order valence-electron chi connectivity index (χ3n) is 3.75. The second-order valence-corrected chi connectivity index (χ2v) is 6.72. The van der Waals surface area contributed by atoms with Crippen LogP contribution in [0.2, 0.25) is 0 Å². The quantitative estimate of drug-likeness (QED) is 0.605. The van der Waals surface area contributed by atoms with E-state index in [4.69, 9.17) is 0 Å². The SMILES string of the molecule is CC(C)N(C(=O)c1ccc(F)cc1)c1csc(-c2ccccc2)c1. The molecule has 0 saturated carbocycles. The fourth-order valence-corrected chi connectivity index (χ4v) is 3.48. The summed E-state index contributed by atoms with van der Waals surface area (Å²) in [6.07, 6.45) is 0. The van der Waals surface area contributed by atoms with Crippen LogP contribution < -0.4 is 4.90 Å². The summed E-state index contributed by atoms with van der Waals surface area (Å²) >= 11 is 1.61. The second-order valence-electron chi connectivity index (χ2n) is 5.81. The number of nitrogens with zero attached hydrogens (tertiary/aromatic N) is 1. The fraction of sp³-hybridized carbons (Fsp3) is 0.150. The molecule has 1 heterocycles. The van der Waals surface area contributed by atoms with Crippen LogP contribution in [0.5, 0.6) is 0 Å². The Hall–Kier alpha value is -2.46. The van der Waals surface area contributed by atoms with Gasteiger partial charge >= 0.3 is 0 Å². The summed E-state index contributed by atoms with van der Waals surface area (Å²) in [5, 5.41) is 1.99. The molecule has 0 saturated heterocycles. The van der Waals surface area contributed by atoms with Crippen LogP contribution in [0.4, 0.5) is 10.1 Å². The number of carbonyl (C=O) groups excluding carboxylic acids is 1. The molecule has 0 fully saturated rings. The molecular weight excluding hydrogens is 321 g/mol. The molecule has 0 aliphatic rings. The van der Waals surface area contributed by atoms with Gasteiger partial charge in [0.2, 0.25) is 0 Å². The Labute approximate surface area is 145 Å². The van der Waals surface area contributed by atoms with Gasteiger partial charge in [-0.3, -0.25) is 4.79 Å². The van der Waals surface area contributed by atoms with Crippen molar-refractivity contribution < 1.29 is 9.18 Å². The van der Waals surface area contributed by atoms with E-state index in [1.807, 2.05) is 43.5 Å². The van der Waals surface area contributed by atoms with Gasteiger partial charge in [-0.25, -0.2) is 4.39 Å². The Balaban J connectivity index is 1.93. The molecule has 24 heavy (non-hydrogen) atoms. The van der Waals surface area contributed by atoms with E-state index in [9.17, 15) is 9.18 Å². The predicted molar refractivity (Wildman–Crippen MR) is 98.1 cm³/mol. The fourth-order valence-electron chi connectivity index (χ4n) is 2.59. The molecule has 3 aromatic rings. The summed E-state index contributed by atoms with van der Waals surface area (Å²) in [5.74, 6) is -0.466. The van der Waals surface area contributed by atoms with Crippen LogP contribution in [-0.4, -0.2) is 11.9 Å². The lowest BCUT2D eigenvalue weighted by Crippen LogP contribution is -2.36. The van der Waals surface area contributed by atoms with E-state index in [0.29, 0.717) is 5.56 Å². The summed E-state index contributed by atoms with van der Waals surface area (Å²) < 4.78 is 13.1. The zero-order chi connectivity index (χ0) is 17.1. The maximum absolute atomic E-state index is 13.1. The van der Waals surface area contributed by atoms with Crippen molar-refractivity contribution in [2.45, 2.75) is 19.9 Å². The van der Waals surface area contributed by atoms with Gasteiger partial charge in [-0.05, 0) is 49.7 Å². The minimum atomic E-state index is -0.343. The molecule has 0 aliphatic heterocycles. The minimum absolute atomic E-state index is 0.000719. The third-order valence-corrected chi connectivity index (χ3v) is 4.72. The Morgan fingerprint density at radius 1 is 1.04 bits per heavy atom. The van der Waals surface area contributed by atoms with Crippen molar-refractivity contribution in [3.8, 4) is 10.4 Å². The number of anilines is 1. The van der Waals surface area contributed by atoms with Crippen LogP contribution in [0.15, 0.2) is 66.0 Å². The van der Waals surface area contributed by atoms with Crippen LogP contribution in [0, 0.1) is 5.82 Å². The molecule has 0 spiro atoms. The van der Waals surface area contributed by atoms with Gasteiger partial charge < -0.3 is 4.90 Å². The molecule has 2 aromatic carbocycles. The Morgan fingerprint density at radius 2 is 1.71 bits per heavy atom. The molecule has 0 radical (unpaired) electrons. The van der Waals surface area contributed by atoms with Crippen LogP contribution in [-0.2, 0) is 0 Å². The minimum Gasteiger partial charge on any atom is -0.305 e. The summed E-state index contributed by atoms with van der Waals surface area (Å²) in [4.78, 5) is 15.7. The van der Waals surface area contributed by atoms with E-state index in [2.05, 4.69) is 12.1 Å². The largest absolute Gasteiger partial charge is 0.305 e. The van der Waals surface area contributed by atoms with Crippen LogP contribution in [0.25, 0.3) is 10.4 Å². The van der Waals surface area contributed by atoms with Crippen molar-refractivity contribution in [1.29, 1.82) is 0 Å². The van der Waals surface area contributed by atoms with Gasteiger partial charge in [0.25, 0.3) is 5.91 Å². The van der Waals surface area contributed by atoms with Gasteiger partial charge in [0.05, 0.1) is 5.69 Å². The number of hydrogen-bond acceptors (Lipinski definition) is 2. The van der Waals surface area contributed by atoms with E-state index in [-0.39, 0.29) is 17.8 Å². The first-order valence-corrected chi connectivity index (χ1v) is 8.67. The van der Waals surface area contributed by atoms with Crippen molar-refractivity contribution in [1.82, 2.24) is 0 Å². The smallest absolute Gasteiger partial charge is 0.258 e. The average molecular weight is 339 g/mol. The van der Waals surface area contributed by atoms with Crippen LogP contribution in [0.3, 0.4) is 0 Å². The van der Waals surface area contributed by atoms with E-state index in [1.165, 1.54) is 24.3 Å². The van der Waals surface area contributed by atoms with Gasteiger partial charge in [0.1, 0.15) is 5.82 Å². The average Bonchev–Trinajstić information content (AvgIpc) is 3.05. The monoisotopic (exact) mass is 339 g/mol. The first-order chi connectivity index (χ1) is 11.6. The molecule has 3 rings (SSSR count). The Bertz CT molecular complexity index is 824. The van der Waals surface area contributed by atoms with Gasteiger partial charge in [-0.2, -0.15) is 0 Å². The lowest BCUT2D eigenvalue weighted by Gasteiger charge is -2.25. The van der Waals surface area contributed by atoms with E-state index >= 15 is 0 Å². The highest BCUT2D eigenvalue weighted by Crippen LogP contribution is 2.33.